The lowest BCUT2D eigenvalue weighted by atomic mass is 9.99. The summed E-state index contributed by atoms with van der Waals surface area (Å²) in [6.07, 6.45) is 12.4. The normalized spacial score (nSPS) is 16.5. The Morgan fingerprint density at radius 3 is 2.78 bits per heavy atom. The van der Waals surface area contributed by atoms with Crippen LogP contribution in [-0.2, 0) is 4.79 Å². The number of nitrogens with two attached hydrogens (primary N) is 1. The van der Waals surface area contributed by atoms with Gasteiger partial charge < -0.3 is 11.1 Å². The Morgan fingerprint density at radius 2 is 2.22 bits per heavy atom. The molecule has 98 valence electrons. The lowest BCUT2D eigenvalue weighted by Gasteiger charge is -2.13. The van der Waals surface area contributed by atoms with Gasteiger partial charge in [-0.1, -0.05) is 36.8 Å². The molecule has 1 aliphatic rings. The lowest BCUT2D eigenvalue weighted by molar-refractivity contribution is -0.117. The van der Waals surface area contributed by atoms with Crippen molar-refractivity contribution in [3.05, 3.63) is 47.2 Å². The van der Waals surface area contributed by atoms with Crippen LogP contribution >= 0.6 is 0 Å². The molecular weight excluding hydrogens is 224 g/mol. The van der Waals surface area contributed by atoms with Crippen LogP contribution in [0.5, 0.6) is 0 Å². The number of amides is 1. The molecular formula is C15H22N2O. The van der Waals surface area contributed by atoms with Crippen LogP contribution < -0.4 is 11.1 Å². The molecule has 0 saturated heterocycles. The van der Waals surface area contributed by atoms with Crippen molar-refractivity contribution >= 4 is 5.91 Å². The van der Waals surface area contributed by atoms with Gasteiger partial charge in [-0.3, -0.25) is 4.79 Å². The van der Waals surface area contributed by atoms with Crippen molar-refractivity contribution in [1.82, 2.24) is 5.32 Å². The van der Waals surface area contributed by atoms with Crippen LogP contribution in [0.2, 0.25) is 0 Å². The third-order valence-corrected chi connectivity index (χ3v) is 2.81. The van der Waals surface area contributed by atoms with E-state index in [9.17, 15) is 4.79 Å². The highest BCUT2D eigenvalue weighted by Gasteiger charge is 2.12. The van der Waals surface area contributed by atoms with Crippen LogP contribution in [0.4, 0.5) is 0 Å². The molecule has 3 nitrogen and oxygen atoms in total. The van der Waals surface area contributed by atoms with Crippen molar-refractivity contribution in [2.75, 3.05) is 6.54 Å². The van der Waals surface area contributed by atoms with E-state index >= 15 is 0 Å². The summed E-state index contributed by atoms with van der Waals surface area (Å²) in [7, 11) is 0. The number of hydrogen-bond acceptors (Lipinski definition) is 2. The van der Waals surface area contributed by atoms with E-state index < -0.39 is 0 Å². The first-order valence-corrected chi connectivity index (χ1v) is 6.40. The second kappa shape index (κ2) is 7.67. The van der Waals surface area contributed by atoms with E-state index in [1.54, 1.807) is 0 Å². The van der Waals surface area contributed by atoms with E-state index in [1.165, 1.54) is 5.57 Å². The molecule has 3 N–H and O–H groups in total. The molecule has 0 radical (unpaired) electrons. The molecule has 0 saturated carbocycles. The third kappa shape index (κ3) is 4.72. The van der Waals surface area contributed by atoms with Crippen molar-refractivity contribution in [3.8, 4) is 0 Å². The Hall–Kier alpha value is -1.61. The number of carbonyl (C=O) groups excluding carboxylic acids is 1. The van der Waals surface area contributed by atoms with Gasteiger partial charge >= 0.3 is 0 Å². The van der Waals surface area contributed by atoms with Crippen LogP contribution in [0.25, 0.3) is 0 Å². The Labute approximate surface area is 109 Å². The fourth-order valence-electron chi connectivity index (χ4n) is 1.64. The number of allylic oxidation sites excluding steroid dienone is 6. The lowest BCUT2D eigenvalue weighted by Crippen LogP contribution is -2.28. The molecule has 0 heterocycles. The molecule has 0 fully saturated rings. The van der Waals surface area contributed by atoms with E-state index in [0.717, 1.165) is 30.5 Å². The van der Waals surface area contributed by atoms with Crippen LogP contribution in [0.15, 0.2) is 47.2 Å². The van der Waals surface area contributed by atoms with Gasteiger partial charge in [-0.05, 0) is 32.3 Å². The van der Waals surface area contributed by atoms with Gasteiger partial charge in [0.25, 0.3) is 5.91 Å². The minimum Gasteiger partial charge on any atom is -0.325 e. The van der Waals surface area contributed by atoms with Crippen molar-refractivity contribution in [3.63, 3.8) is 0 Å². The second-order valence-corrected chi connectivity index (χ2v) is 4.39. The highest BCUT2D eigenvalue weighted by Crippen LogP contribution is 2.17. The van der Waals surface area contributed by atoms with Gasteiger partial charge in [0.15, 0.2) is 0 Å². The SMILES string of the molecule is CCC=CC=C(CN)NC(=O)C1=CC=C(C)CC1. The van der Waals surface area contributed by atoms with E-state index in [4.69, 9.17) is 5.73 Å². The standard InChI is InChI=1S/C15H22N2O/c1-3-4-5-6-14(11-16)17-15(18)13-9-7-12(2)8-10-13/h4-7,9H,3,8,10-11,16H2,1-2H3,(H,17,18). The second-order valence-electron chi connectivity index (χ2n) is 4.39. The predicted octanol–water partition coefficient (Wildman–Crippen LogP) is 2.58. The maximum absolute atomic E-state index is 12.0. The van der Waals surface area contributed by atoms with Crippen LogP contribution in [-0.4, -0.2) is 12.5 Å². The van der Waals surface area contributed by atoms with Gasteiger partial charge in [-0.2, -0.15) is 0 Å². The summed E-state index contributed by atoms with van der Waals surface area (Å²) >= 11 is 0. The van der Waals surface area contributed by atoms with E-state index in [1.807, 2.05) is 30.4 Å². The van der Waals surface area contributed by atoms with Gasteiger partial charge in [-0.15, -0.1) is 0 Å². The summed E-state index contributed by atoms with van der Waals surface area (Å²) in [4.78, 5) is 12.0. The van der Waals surface area contributed by atoms with Crippen molar-refractivity contribution in [2.24, 2.45) is 5.73 Å². The zero-order valence-electron chi connectivity index (χ0n) is 11.2. The van der Waals surface area contributed by atoms with Gasteiger partial charge in [0.2, 0.25) is 0 Å². The highest BCUT2D eigenvalue weighted by atomic mass is 16.1. The first-order valence-electron chi connectivity index (χ1n) is 6.40. The minimum absolute atomic E-state index is 0.0413. The zero-order chi connectivity index (χ0) is 13.4. The summed E-state index contributed by atoms with van der Waals surface area (Å²) in [6.45, 7) is 4.47. The smallest absolute Gasteiger partial charge is 0.251 e. The van der Waals surface area contributed by atoms with Crippen molar-refractivity contribution in [1.29, 1.82) is 0 Å². The highest BCUT2D eigenvalue weighted by molar-refractivity contribution is 5.95. The first-order chi connectivity index (χ1) is 8.67. The molecule has 0 spiro atoms. The summed E-state index contributed by atoms with van der Waals surface area (Å²) in [5.74, 6) is -0.0413. The fraction of sp³-hybridized carbons (Fsp3) is 0.400. The van der Waals surface area contributed by atoms with E-state index in [-0.39, 0.29) is 5.91 Å². The average molecular weight is 246 g/mol. The molecule has 0 aromatic heterocycles. The number of nitrogens with one attached hydrogen (secondary N) is 1. The summed E-state index contributed by atoms with van der Waals surface area (Å²) < 4.78 is 0. The first kappa shape index (κ1) is 14.5. The van der Waals surface area contributed by atoms with Crippen molar-refractivity contribution < 1.29 is 4.79 Å². The minimum atomic E-state index is -0.0413. The molecule has 0 atom stereocenters. The molecule has 3 heteroatoms. The summed E-state index contributed by atoms with van der Waals surface area (Å²) in [6, 6.07) is 0. The van der Waals surface area contributed by atoms with Gasteiger partial charge in [0, 0.05) is 17.8 Å². The van der Waals surface area contributed by atoms with E-state index in [2.05, 4.69) is 19.2 Å². The molecule has 1 amide bonds. The summed E-state index contributed by atoms with van der Waals surface area (Å²) in [5.41, 5.74) is 8.48. The van der Waals surface area contributed by atoms with Gasteiger partial charge in [0.05, 0.1) is 0 Å². The zero-order valence-corrected chi connectivity index (χ0v) is 11.2. The largest absolute Gasteiger partial charge is 0.325 e. The maximum Gasteiger partial charge on any atom is 0.251 e. The molecule has 0 bridgehead atoms. The Bertz CT molecular complexity index is 414. The molecule has 1 aliphatic carbocycles. The Morgan fingerprint density at radius 1 is 1.44 bits per heavy atom. The molecule has 18 heavy (non-hydrogen) atoms. The van der Waals surface area contributed by atoms with Crippen LogP contribution in [0.3, 0.4) is 0 Å². The van der Waals surface area contributed by atoms with Crippen LogP contribution in [0, 0.1) is 0 Å². The quantitative estimate of drug-likeness (QED) is 0.733. The molecule has 1 rings (SSSR count). The Balaban J connectivity index is 2.63. The number of rotatable bonds is 5. The summed E-state index contributed by atoms with van der Waals surface area (Å²) in [5, 5.41) is 2.86. The molecule has 0 unspecified atom stereocenters. The van der Waals surface area contributed by atoms with Gasteiger partial charge in [-0.25, -0.2) is 0 Å². The average Bonchev–Trinajstić information content (AvgIpc) is 2.38. The fourth-order valence-corrected chi connectivity index (χ4v) is 1.64. The Kier molecular flexibility index (Phi) is 6.15. The maximum atomic E-state index is 12.0. The van der Waals surface area contributed by atoms with Gasteiger partial charge in [0.1, 0.15) is 0 Å². The number of hydrogen-bond donors (Lipinski definition) is 2. The number of carbonyl (C=O) groups is 1. The van der Waals surface area contributed by atoms with Crippen molar-refractivity contribution in [2.45, 2.75) is 33.1 Å². The monoisotopic (exact) mass is 246 g/mol. The van der Waals surface area contributed by atoms with E-state index in [0.29, 0.717) is 6.54 Å². The third-order valence-electron chi connectivity index (χ3n) is 2.81. The van der Waals surface area contributed by atoms with Crippen LogP contribution in [0.1, 0.15) is 33.1 Å². The predicted molar refractivity (Wildman–Crippen MR) is 75.8 cm³/mol. The molecule has 0 aromatic carbocycles. The molecule has 0 aliphatic heterocycles. The molecule has 0 aromatic rings. The topological polar surface area (TPSA) is 55.1 Å².